The number of piperazine rings is 1. The van der Waals surface area contributed by atoms with Crippen LogP contribution in [0.25, 0.3) is 17.2 Å². The molecule has 0 unspecified atom stereocenters. The first kappa shape index (κ1) is 21.0. The average Bonchev–Trinajstić information content (AvgIpc) is 3.61. The van der Waals surface area contributed by atoms with E-state index in [1.54, 1.807) is 6.20 Å². The highest BCUT2D eigenvalue weighted by Crippen LogP contribution is 2.33. The maximum absolute atomic E-state index is 12.9. The zero-order chi connectivity index (χ0) is 23.1. The largest absolute Gasteiger partial charge is 0.370 e. The van der Waals surface area contributed by atoms with E-state index in [4.69, 9.17) is 0 Å². The zero-order valence-corrected chi connectivity index (χ0v) is 19.7. The molecular formula is C27H30N6O. The van der Waals surface area contributed by atoms with Crippen molar-refractivity contribution in [3.8, 4) is 11.1 Å². The maximum Gasteiger partial charge on any atom is 0.272 e. The van der Waals surface area contributed by atoms with E-state index in [1.807, 2.05) is 24.0 Å². The van der Waals surface area contributed by atoms with Gasteiger partial charge < -0.3 is 14.7 Å². The Morgan fingerprint density at radius 3 is 2.47 bits per heavy atom. The van der Waals surface area contributed by atoms with Crippen molar-refractivity contribution in [2.45, 2.75) is 26.3 Å². The Morgan fingerprint density at radius 1 is 0.912 bits per heavy atom. The van der Waals surface area contributed by atoms with Crippen molar-refractivity contribution in [1.29, 1.82) is 0 Å². The molecule has 2 aromatic heterocycles. The lowest BCUT2D eigenvalue weighted by Gasteiger charge is -2.38. The Labute approximate surface area is 200 Å². The van der Waals surface area contributed by atoms with Crippen molar-refractivity contribution < 1.29 is 4.79 Å². The van der Waals surface area contributed by atoms with Gasteiger partial charge in [0.05, 0.1) is 17.9 Å². The summed E-state index contributed by atoms with van der Waals surface area (Å²) in [4.78, 5) is 24.2. The van der Waals surface area contributed by atoms with Gasteiger partial charge in [-0.2, -0.15) is 5.10 Å². The quantitative estimate of drug-likeness (QED) is 0.602. The van der Waals surface area contributed by atoms with Gasteiger partial charge in [-0.1, -0.05) is 18.2 Å². The Hall–Kier alpha value is -3.61. The Morgan fingerprint density at radius 2 is 1.68 bits per heavy atom. The van der Waals surface area contributed by atoms with Crippen molar-refractivity contribution in [2.24, 2.45) is 0 Å². The van der Waals surface area contributed by atoms with E-state index in [0.717, 1.165) is 75.5 Å². The van der Waals surface area contributed by atoms with Crippen LogP contribution in [-0.4, -0.2) is 69.7 Å². The highest BCUT2D eigenvalue weighted by molar-refractivity contribution is 5.94. The number of carbonyl (C=O) groups is 1. The van der Waals surface area contributed by atoms with Gasteiger partial charge in [0.1, 0.15) is 5.69 Å². The van der Waals surface area contributed by atoms with Crippen LogP contribution in [0.3, 0.4) is 0 Å². The number of para-hydroxylation sites is 1. The summed E-state index contributed by atoms with van der Waals surface area (Å²) >= 11 is 0. The van der Waals surface area contributed by atoms with Gasteiger partial charge in [-0.05, 0) is 55.7 Å². The molecule has 0 atom stereocenters. The molecule has 0 bridgehead atoms. The number of anilines is 1. The number of rotatable bonds is 4. The van der Waals surface area contributed by atoms with E-state index >= 15 is 0 Å². The van der Waals surface area contributed by atoms with Crippen LogP contribution in [0.5, 0.6) is 0 Å². The molecule has 3 aromatic rings. The van der Waals surface area contributed by atoms with Crippen LogP contribution in [0, 0.1) is 6.92 Å². The van der Waals surface area contributed by atoms with Crippen LogP contribution in [0.1, 0.15) is 34.7 Å². The smallest absolute Gasteiger partial charge is 0.272 e. The van der Waals surface area contributed by atoms with E-state index in [9.17, 15) is 4.79 Å². The third kappa shape index (κ3) is 3.85. The summed E-state index contributed by atoms with van der Waals surface area (Å²) in [5.74, 6) is 0.0467. The fourth-order valence-corrected chi connectivity index (χ4v) is 5.39. The van der Waals surface area contributed by atoms with Crippen molar-refractivity contribution in [3.05, 3.63) is 71.4 Å². The highest BCUT2D eigenvalue weighted by atomic mass is 16.2. The number of carbonyl (C=O) groups excluding carboxylic acids is 1. The summed E-state index contributed by atoms with van der Waals surface area (Å²) in [5, 5.41) is 4.58. The molecule has 5 heterocycles. The number of fused-ring (bicyclic) bond motifs is 1. The molecule has 6 rings (SSSR count). The maximum atomic E-state index is 12.9. The van der Waals surface area contributed by atoms with Crippen LogP contribution < -0.4 is 4.90 Å². The van der Waals surface area contributed by atoms with Crippen molar-refractivity contribution in [2.75, 3.05) is 44.2 Å². The fraction of sp³-hybridized carbons (Fsp3) is 0.370. The molecule has 2 fully saturated rings. The van der Waals surface area contributed by atoms with Gasteiger partial charge >= 0.3 is 0 Å². The first-order chi connectivity index (χ1) is 16.7. The first-order valence-electron chi connectivity index (χ1n) is 12.3. The molecule has 0 spiro atoms. The van der Waals surface area contributed by atoms with Gasteiger partial charge in [0.25, 0.3) is 5.91 Å². The summed E-state index contributed by atoms with van der Waals surface area (Å²) in [7, 11) is 0. The summed E-state index contributed by atoms with van der Waals surface area (Å²) in [6, 6.07) is 14.7. The number of hydrogen-bond donors (Lipinski definition) is 0. The minimum absolute atomic E-state index is 0.0467. The van der Waals surface area contributed by atoms with E-state index in [-0.39, 0.29) is 5.91 Å². The number of pyridine rings is 1. The Kier molecular flexibility index (Phi) is 5.32. The van der Waals surface area contributed by atoms with Crippen LogP contribution in [0.2, 0.25) is 0 Å². The third-order valence-corrected chi connectivity index (χ3v) is 7.17. The lowest BCUT2D eigenvalue weighted by Crippen LogP contribution is -2.46. The van der Waals surface area contributed by atoms with Crippen molar-refractivity contribution in [3.63, 3.8) is 0 Å². The van der Waals surface area contributed by atoms with Crippen LogP contribution in [0.15, 0.2) is 54.4 Å². The highest BCUT2D eigenvalue weighted by Gasteiger charge is 2.25. The number of aromatic nitrogens is 3. The van der Waals surface area contributed by atoms with E-state index in [0.29, 0.717) is 5.69 Å². The fourth-order valence-electron chi connectivity index (χ4n) is 5.39. The molecule has 0 N–H and O–H groups in total. The Bertz CT molecular complexity index is 1250. The number of likely N-dealkylation sites (tertiary alicyclic amines) is 1. The van der Waals surface area contributed by atoms with Gasteiger partial charge in [0.15, 0.2) is 0 Å². The zero-order valence-electron chi connectivity index (χ0n) is 19.7. The third-order valence-electron chi connectivity index (χ3n) is 7.17. The number of allylic oxidation sites excluding steroid dienone is 1. The summed E-state index contributed by atoms with van der Waals surface area (Å²) in [6.07, 6.45) is 6.21. The van der Waals surface area contributed by atoms with Crippen LogP contribution >= 0.6 is 0 Å². The molecule has 1 aromatic carbocycles. The molecule has 7 heteroatoms. The van der Waals surface area contributed by atoms with Gasteiger partial charge in [-0.25, -0.2) is 0 Å². The molecule has 34 heavy (non-hydrogen) atoms. The van der Waals surface area contributed by atoms with Crippen molar-refractivity contribution in [1.82, 2.24) is 24.6 Å². The molecule has 0 radical (unpaired) electrons. The monoisotopic (exact) mass is 454 g/mol. The predicted molar refractivity (Wildman–Crippen MR) is 134 cm³/mol. The molecule has 3 aliphatic rings. The van der Waals surface area contributed by atoms with Gasteiger partial charge in [-0.15, -0.1) is 0 Å². The second kappa shape index (κ2) is 8.63. The number of nitrogens with zero attached hydrogens (tertiary/aromatic N) is 6. The summed E-state index contributed by atoms with van der Waals surface area (Å²) in [5.41, 5.74) is 7.61. The van der Waals surface area contributed by atoms with E-state index in [1.165, 1.54) is 17.1 Å². The summed E-state index contributed by atoms with van der Waals surface area (Å²) in [6.45, 7) is 8.47. The molecule has 7 nitrogen and oxygen atoms in total. The molecule has 2 saturated heterocycles. The number of hydrogen-bond acceptors (Lipinski definition) is 5. The molecule has 174 valence electrons. The Balaban J connectivity index is 1.19. The van der Waals surface area contributed by atoms with Gasteiger partial charge in [0, 0.05) is 62.4 Å². The summed E-state index contributed by atoms with van der Waals surface area (Å²) < 4.78 is 2.09. The number of aryl methyl sites for hydroxylation is 1. The SMILES string of the molecule is Cc1cc2n(n1)CC(N1CCN(c3ccccc3-c3ccnc(C(=O)N4CCCC4)c3)CC1)=C2. The standard InChI is InChI=1S/C27H30N6O/c1-20-16-22-18-23(19-33(22)29-20)30-12-14-31(15-13-30)26-7-3-2-6-24(26)21-8-9-28-25(17-21)27(34)32-10-4-5-11-32/h2-3,6-9,16-18H,4-5,10-15,19H2,1H3. The normalized spacial score (nSPS) is 17.8. The number of amides is 1. The van der Waals surface area contributed by atoms with Crippen molar-refractivity contribution >= 4 is 17.7 Å². The molecule has 0 saturated carbocycles. The molecule has 1 amide bonds. The minimum atomic E-state index is 0.0467. The molecule has 0 aliphatic carbocycles. The molecular weight excluding hydrogens is 424 g/mol. The van der Waals surface area contributed by atoms with Gasteiger partial charge in [-0.3, -0.25) is 14.5 Å². The lowest BCUT2D eigenvalue weighted by atomic mass is 10.0. The average molecular weight is 455 g/mol. The second-order valence-electron chi connectivity index (χ2n) is 9.42. The second-order valence-corrected chi connectivity index (χ2v) is 9.42. The predicted octanol–water partition coefficient (Wildman–Crippen LogP) is 3.67. The minimum Gasteiger partial charge on any atom is -0.370 e. The van der Waals surface area contributed by atoms with Crippen LogP contribution in [-0.2, 0) is 6.54 Å². The van der Waals surface area contributed by atoms with Gasteiger partial charge in [0.2, 0.25) is 0 Å². The van der Waals surface area contributed by atoms with E-state index in [2.05, 4.69) is 61.0 Å². The number of benzene rings is 1. The molecule has 3 aliphatic heterocycles. The lowest BCUT2D eigenvalue weighted by molar-refractivity contribution is 0.0787. The topological polar surface area (TPSA) is 57.5 Å². The van der Waals surface area contributed by atoms with Crippen LogP contribution in [0.4, 0.5) is 5.69 Å². The first-order valence-corrected chi connectivity index (χ1v) is 12.3. The van der Waals surface area contributed by atoms with E-state index < -0.39 is 0 Å².